The van der Waals surface area contributed by atoms with E-state index in [1.165, 1.54) is 6.92 Å². The third-order valence-corrected chi connectivity index (χ3v) is 10.6. The van der Waals surface area contributed by atoms with Crippen LogP contribution in [0.25, 0.3) is 0 Å². The van der Waals surface area contributed by atoms with Crippen molar-refractivity contribution < 1.29 is 36.8 Å². The van der Waals surface area contributed by atoms with Crippen LogP contribution in [0.2, 0.25) is 45.3 Å². The van der Waals surface area contributed by atoms with Gasteiger partial charge in [0.2, 0.25) is 0 Å². The van der Waals surface area contributed by atoms with Crippen molar-refractivity contribution in [2.75, 3.05) is 19.8 Å². The Hall–Kier alpha value is -1.28. The number of hydrogen-bond acceptors (Lipinski definition) is 8. The fraction of sp³-hybridized carbons (Fsp3) is 0.737. The van der Waals surface area contributed by atoms with Gasteiger partial charge in [-0.05, 0) is 58.7 Å². The maximum Gasteiger partial charge on any atom is 0.362 e. The first-order chi connectivity index (χ1) is 13.7. The van der Waals surface area contributed by atoms with Gasteiger partial charge in [-0.3, -0.25) is 9.59 Å². The van der Waals surface area contributed by atoms with E-state index in [-0.39, 0.29) is 38.2 Å². The second-order valence-corrected chi connectivity index (χ2v) is 20.1. The third kappa shape index (κ3) is 17.6. The number of hydrogen-bond donors (Lipinski definition) is 0. The molecule has 8 nitrogen and oxygen atoms in total. The van der Waals surface area contributed by atoms with Crippen LogP contribution >= 0.6 is 0 Å². The molecule has 0 fully saturated rings. The second kappa shape index (κ2) is 13.9. The summed E-state index contributed by atoms with van der Waals surface area (Å²) >= 11 is 0. The quantitative estimate of drug-likeness (QED) is 0.116. The Morgan fingerprint density at radius 2 is 1.20 bits per heavy atom. The molecule has 1 radical (unpaired) electrons. The van der Waals surface area contributed by atoms with Crippen LogP contribution in [0.3, 0.4) is 0 Å². The normalized spacial score (nSPS) is 11.9. The predicted molar refractivity (Wildman–Crippen MR) is 121 cm³/mol. The predicted octanol–water partition coefficient (Wildman–Crippen LogP) is 3.55. The fourth-order valence-electron chi connectivity index (χ4n) is 1.97. The maximum atomic E-state index is 11.8. The minimum Gasteiger partial charge on any atom is -0.466 e. The Morgan fingerprint density at radius 3 is 1.63 bits per heavy atom. The number of rotatable bonds is 15. The van der Waals surface area contributed by atoms with Gasteiger partial charge < -0.3 is 22.4 Å². The molecule has 0 saturated heterocycles. The molecule has 0 bridgehead atoms. The van der Waals surface area contributed by atoms with Gasteiger partial charge in [0.15, 0.2) is 16.6 Å². The number of carbonyl (C=O) groups is 3. The molecule has 0 atom stereocenters. The molecule has 0 saturated carbocycles. The summed E-state index contributed by atoms with van der Waals surface area (Å²) in [5.74, 6) is -1.54. The summed E-state index contributed by atoms with van der Waals surface area (Å²) in [7, 11) is -4.79. The molecule has 0 rings (SSSR count). The molecule has 0 N–H and O–H groups in total. The van der Waals surface area contributed by atoms with Crippen molar-refractivity contribution in [3.05, 3.63) is 12.2 Å². The molecule has 0 aromatic rings. The molecule has 0 unspecified atom stereocenters. The Morgan fingerprint density at radius 1 is 0.767 bits per heavy atom. The van der Waals surface area contributed by atoms with E-state index in [9.17, 15) is 14.4 Å². The van der Waals surface area contributed by atoms with Crippen molar-refractivity contribution in [3.8, 4) is 0 Å². The average Bonchev–Trinajstić information content (AvgIpc) is 2.57. The molecule has 173 valence electrons. The van der Waals surface area contributed by atoms with E-state index in [4.69, 9.17) is 22.4 Å². The smallest absolute Gasteiger partial charge is 0.362 e. The van der Waals surface area contributed by atoms with Crippen molar-refractivity contribution in [2.24, 2.45) is 0 Å². The van der Waals surface area contributed by atoms with Crippen molar-refractivity contribution in [1.82, 2.24) is 0 Å². The third-order valence-electron chi connectivity index (χ3n) is 3.09. The lowest BCUT2D eigenvalue weighted by Gasteiger charge is -2.29. The monoisotopic (exact) mass is 477 g/mol. The van der Waals surface area contributed by atoms with Crippen LogP contribution in [-0.2, 0) is 36.8 Å². The van der Waals surface area contributed by atoms with E-state index in [0.29, 0.717) is 6.42 Å². The summed E-state index contributed by atoms with van der Waals surface area (Å²) in [4.78, 5) is 34.6. The van der Waals surface area contributed by atoms with Crippen LogP contribution in [-0.4, -0.2) is 63.6 Å². The summed E-state index contributed by atoms with van der Waals surface area (Å²) in [5, 5.41) is 0. The van der Waals surface area contributed by atoms with Crippen LogP contribution in [0.1, 0.15) is 26.2 Å². The lowest BCUT2D eigenvalue weighted by molar-refractivity contribution is -0.153. The summed E-state index contributed by atoms with van der Waals surface area (Å²) in [6.45, 7) is 17.9. The summed E-state index contributed by atoms with van der Waals surface area (Å²) in [5.41, 5.74) is 0.274. The molecule has 11 heteroatoms. The highest BCUT2D eigenvalue weighted by atomic mass is 28.4. The van der Waals surface area contributed by atoms with Crippen molar-refractivity contribution >= 4 is 43.8 Å². The van der Waals surface area contributed by atoms with Gasteiger partial charge >= 0.3 is 27.2 Å². The van der Waals surface area contributed by atoms with E-state index in [2.05, 4.69) is 45.9 Å². The zero-order chi connectivity index (χ0) is 23.4. The Balaban J connectivity index is 4.02. The number of esters is 3. The SMILES string of the molecule is C=C(C)C(=O)OCCOC(=O)CCC(=O)OCCC[Si](O[Si](C)(C)C)O[Si](C)(C)C. The van der Waals surface area contributed by atoms with E-state index < -0.39 is 43.8 Å². The average molecular weight is 478 g/mol. The number of carbonyl (C=O) groups excluding carboxylic acids is 3. The highest BCUT2D eigenvalue weighted by Crippen LogP contribution is 2.15. The van der Waals surface area contributed by atoms with E-state index in [1.807, 2.05) is 0 Å². The van der Waals surface area contributed by atoms with Crippen molar-refractivity contribution in [2.45, 2.75) is 71.5 Å². The van der Waals surface area contributed by atoms with Gasteiger partial charge in [0.1, 0.15) is 13.2 Å². The molecular formula is C19H37O8Si3. The molecule has 0 aromatic carbocycles. The van der Waals surface area contributed by atoms with Gasteiger partial charge in [-0.15, -0.1) is 0 Å². The molecule has 0 aliphatic rings. The minimum absolute atomic E-state index is 0.0507. The van der Waals surface area contributed by atoms with E-state index in [0.717, 1.165) is 6.04 Å². The van der Waals surface area contributed by atoms with Crippen LogP contribution in [0, 0.1) is 0 Å². The minimum atomic E-state index is -1.70. The molecule has 0 heterocycles. The van der Waals surface area contributed by atoms with E-state index in [1.54, 1.807) is 0 Å². The zero-order valence-corrected chi connectivity index (χ0v) is 22.4. The van der Waals surface area contributed by atoms with Crippen LogP contribution in [0.4, 0.5) is 0 Å². The van der Waals surface area contributed by atoms with Gasteiger partial charge in [-0.2, -0.15) is 0 Å². The largest absolute Gasteiger partial charge is 0.466 e. The molecule has 30 heavy (non-hydrogen) atoms. The lowest BCUT2D eigenvalue weighted by Crippen LogP contribution is -2.43. The zero-order valence-electron chi connectivity index (χ0n) is 19.4. The molecule has 0 amide bonds. The van der Waals surface area contributed by atoms with E-state index >= 15 is 0 Å². The van der Waals surface area contributed by atoms with Crippen LogP contribution in [0.5, 0.6) is 0 Å². The standard InChI is InChI=1S/C19H37O8Si3/c1-16(2)19(22)25-14-13-24-18(21)11-10-17(20)23-12-9-15-28(26-29(3,4)5)27-30(6,7)8/h1,9-15H2,2-8H3. The van der Waals surface area contributed by atoms with Gasteiger partial charge in [-0.1, -0.05) is 6.58 Å². The van der Waals surface area contributed by atoms with Crippen LogP contribution in [0.15, 0.2) is 12.2 Å². The molecular weight excluding hydrogens is 440 g/mol. The van der Waals surface area contributed by atoms with Gasteiger partial charge in [-0.25, -0.2) is 4.79 Å². The first-order valence-corrected chi connectivity index (χ1v) is 18.4. The highest BCUT2D eigenvalue weighted by Gasteiger charge is 2.29. The Kier molecular flexibility index (Phi) is 13.3. The fourth-order valence-corrected chi connectivity index (χ4v) is 9.23. The second-order valence-electron chi connectivity index (χ2n) is 8.76. The molecule has 0 aromatic heterocycles. The van der Waals surface area contributed by atoms with Crippen LogP contribution < -0.4 is 0 Å². The summed E-state index contributed by atoms with van der Waals surface area (Å²) in [6.07, 6.45) is 0.520. The van der Waals surface area contributed by atoms with Crippen molar-refractivity contribution in [1.29, 1.82) is 0 Å². The first-order valence-electron chi connectivity index (χ1n) is 10.1. The molecule has 0 spiro atoms. The van der Waals surface area contributed by atoms with Gasteiger partial charge in [0.25, 0.3) is 0 Å². The number of ether oxygens (including phenoxy) is 3. The molecule has 0 aliphatic carbocycles. The highest BCUT2D eigenvalue weighted by molar-refractivity contribution is 6.81. The first kappa shape index (κ1) is 28.7. The summed E-state index contributed by atoms with van der Waals surface area (Å²) in [6, 6.07) is 0.747. The maximum absolute atomic E-state index is 11.8. The van der Waals surface area contributed by atoms with Gasteiger partial charge in [0.05, 0.1) is 19.4 Å². The molecule has 0 aliphatic heterocycles. The summed E-state index contributed by atoms with van der Waals surface area (Å²) < 4.78 is 27.3. The Labute approximate surface area is 184 Å². The lowest BCUT2D eigenvalue weighted by atomic mass is 10.3. The van der Waals surface area contributed by atoms with Crippen molar-refractivity contribution in [3.63, 3.8) is 0 Å². The van der Waals surface area contributed by atoms with Gasteiger partial charge in [0, 0.05) is 5.57 Å². The topological polar surface area (TPSA) is 97.4 Å². The Bertz CT molecular complexity index is 565.